The second-order valence-electron chi connectivity index (χ2n) is 8.43. The number of rotatable bonds is 7. The van der Waals surface area contributed by atoms with E-state index in [0.717, 1.165) is 42.8 Å². The minimum Gasteiger partial charge on any atom is -0.497 e. The van der Waals surface area contributed by atoms with Gasteiger partial charge in [-0.1, -0.05) is 47.1 Å². The first-order chi connectivity index (χ1) is 15.5. The minimum atomic E-state index is -0.0370. The highest BCUT2D eigenvalue weighted by atomic mass is 16.5. The van der Waals surface area contributed by atoms with Crippen molar-refractivity contribution in [1.82, 2.24) is 20.4 Å². The molecule has 32 heavy (non-hydrogen) atoms. The molecule has 1 aliphatic rings. The number of benzene rings is 2. The molecule has 0 saturated carbocycles. The Labute approximate surface area is 188 Å². The van der Waals surface area contributed by atoms with E-state index in [4.69, 9.17) is 9.26 Å². The van der Waals surface area contributed by atoms with Crippen LogP contribution in [0.3, 0.4) is 0 Å². The third-order valence-electron chi connectivity index (χ3n) is 6.07. The molecule has 1 aromatic heterocycles. The average Bonchev–Trinajstić information content (AvgIpc) is 3.28. The van der Waals surface area contributed by atoms with Crippen molar-refractivity contribution < 1.29 is 14.1 Å². The predicted molar refractivity (Wildman–Crippen MR) is 122 cm³/mol. The van der Waals surface area contributed by atoms with Gasteiger partial charge in [0.1, 0.15) is 5.75 Å². The zero-order valence-corrected chi connectivity index (χ0v) is 18.9. The van der Waals surface area contributed by atoms with Gasteiger partial charge in [-0.2, -0.15) is 4.98 Å². The molecule has 1 N–H and O–H groups in total. The SMILES string of the molecule is COc1ccc(C(C)NC(=O)C2CCN(Cc3nc(-c4ccc(C)cc4)no3)CC2)cc1. The lowest BCUT2D eigenvalue weighted by molar-refractivity contribution is -0.127. The number of hydrogen-bond acceptors (Lipinski definition) is 6. The first-order valence-electron chi connectivity index (χ1n) is 11.1. The molecule has 168 valence electrons. The summed E-state index contributed by atoms with van der Waals surface area (Å²) in [6, 6.07) is 15.8. The van der Waals surface area contributed by atoms with E-state index in [1.807, 2.05) is 55.5 Å². The summed E-state index contributed by atoms with van der Waals surface area (Å²) in [4.78, 5) is 19.6. The average molecular weight is 435 g/mol. The van der Waals surface area contributed by atoms with E-state index in [0.29, 0.717) is 18.3 Å². The first kappa shape index (κ1) is 22.0. The van der Waals surface area contributed by atoms with Gasteiger partial charge >= 0.3 is 0 Å². The molecule has 1 amide bonds. The molecule has 3 aromatic rings. The fraction of sp³-hybridized carbons (Fsp3) is 0.400. The molecule has 0 aliphatic carbocycles. The van der Waals surface area contributed by atoms with Crippen LogP contribution < -0.4 is 10.1 Å². The van der Waals surface area contributed by atoms with Gasteiger partial charge in [0.15, 0.2) is 0 Å². The number of ether oxygens (including phenoxy) is 1. The Bertz CT molecular complexity index is 1020. The summed E-state index contributed by atoms with van der Waals surface area (Å²) in [6.07, 6.45) is 1.64. The molecule has 7 nitrogen and oxygen atoms in total. The maximum absolute atomic E-state index is 12.8. The van der Waals surface area contributed by atoms with Crippen LogP contribution in [0.15, 0.2) is 53.1 Å². The number of aromatic nitrogens is 2. The highest BCUT2D eigenvalue weighted by Gasteiger charge is 2.27. The van der Waals surface area contributed by atoms with Crippen LogP contribution in [0, 0.1) is 12.8 Å². The van der Waals surface area contributed by atoms with Crippen molar-refractivity contribution in [3.63, 3.8) is 0 Å². The highest BCUT2D eigenvalue weighted by molar-refractivity contribution is 5.79. The van der Waals surface area contributed by atoms with Gasteiger partial charge in [0.2, 0.25) is 17.6 Å². The van der Waals surface area contributed by atoms with E-state index in [2.05, 4.69) is 27.3 Å². The fourth-order valence-electron chi connectivity index (χ4n) is 3.99. The first-order valence-corrected chi connectivity index (χ1v) is 11.1. The number of likely N-dealkylation sites (tertiary alicyclic amines) is 1. The van der Waals surface area contributed by atoms with Crippen LogP contribution in [0.25, 0.3) is 11.4 Å². The van der Waals surface area contributed by atoms with Crippen LogP contribution >= 0.6 is 0 Å². The van der Waals surface area contributed by atoms with Gasteiger partial charge in [-0.3, -0.25) is 9.69 Å². The Morgan fingerprint density at radius 1 is 1.16 bits per heavy atom. The summed E-state index contributed by atoms with van der Waals surface area (Å²) in [6.45, 7) is 6.33. The molecule has 7 heteroatoms. The monoisotopic (exact) mass is 434 g/mol. The smallest absolute Gasteiger partial charge is 0.241 e. The zero-order valence-electron chi connectivity index (χ0n) is 18.9. The third kappa shape index (κ3) is 5.34. The summed E-state index contributed by atoms with van der Waals surface area (Å²) in [5, 5.41) is 7.27. The Morgan fingerprint density at radius 3 is 2.50 bits per heavy atom. The summed E-state index contributed by atoms with van der Waals surface area (Å²) >= 11 is 0. The zero-order chi connectivity index (χ0) is 22.5. The number of carbonyl (C=O) groups is 1. The van der Waals surface area contributed by atoms with Crippen LogP contribution in [0.1, 0.15) is 42.8 Å². The molecule has 2 heterocycles. The van der Waals surface area contributed by atoms with E-state index in [1.54, 1.807) is 7.11 Å². The van der Waals surface area contributed by atoms with Crippen molar-refractivity contribution in [1.29, 1.82) is 0 Å². The second-order valence-corrected chi connectivity index (χ2v) is 8.43. The van der Waals surface area contributed by atoms with Crippen molar-refractivity contribution in [2.45, 2.75) is 39.3 Å². The van der Waals surface area contributed by atoms with Crippen molar-refractivity contribution in [2.24, 2.45) is 5.92 Å². The van der Waals surface area contributed by atoms with Gasteiger partial charge in [-0.15, -0.1) is 0 Å². The van der Waals surface area contributed by atoms with Crippen molar-refractivity contribution >= 4 is 5.91 Å². The van der Waals surface area contributed by atoms with Crippen LogP contribution in [-0.2, 0) is 11.3 Å². The number of piperidine rings is 1. The van der Waals surface area contributed by atoms with E-state index < -0.39 is 0 Å². The molecule has 0 spiro atoms. The normalized spacial score (nSPS) is 16.0. The highest BCUT2D eigenvalue weighted by Crippen LogP contribution is 2.23. The molecule has 2 aromatic carbocycles. The summed E-state index contributed by atoms with van der Waals surface area (Å²) in [5.41, 5.74) is 3.21. The standard InChI is InChI=1S/C25H30N4O3/c1-17-4-6-20(7-5-17)24-27-23(32-28-24)16-29-14-12-21(13-15-29)25(30)26-18(2)19-8-10-22(31-3)11-9-19/h4-11,18,21H,12-16H2,1-3H3,(H,26,30). The van der Waals surface area contributed by atoms with Crippen LogP contribution in [0.2, 0.25) is 0 Å². The van der Waals surface area contributed by atoms with Crippen LogP contribution in [-0.4, -0.2) is 41.1 Å². The van der Waals surface area contributed by atoms with E-state index in [1.165, 1.54) is 5.56 Å². The number of hydrogen-bond donors (Lipinski definition) is 1. The second kappa shape index (κ2) is 9.96. The Hall–Kier alpha value is -3.19. The van der Waals surface area contributed by atoms with Gasteiger partial charge in [0, 0.05) is 11.5 Å². The van der Waals surface area contributed by atoms with Gasteiger partial charge in [-0.05, 0) is 57.5 Å². The number of aryl methyl sites for hydroxylation is 1. The van der Waals surface area contributed by atoms with Crippen LogP contribution in [0.4, 0.5) is 0 Å². The molecule has 0 radical (unpaired) electrons. The number of methoxy groups -OCH3 is 1. The van der Waals surface area contributed by atoms with Crippen molar-refractivity contribution in [3.05, 3.63) is 65.5 Å². The molecule has 1 atom stereocenters. The van der Waals surface area contributed by atoms with Crippen molar-refractivity contribution in [2.75, 3.05) is 20.2 Å². The lowest BCUT2D eigenvalue weighted by Crippen LogP contribution is -2.40. The molecule has 1 fully saturated rings. The topological polar surface area (TPSA) is 80.5 Å². The minimum absolute atomic E-state index is 0.0257. The lowest BCUT2D eigenvalue weighted by atomic mass is 9.95. The Balaban J connectivity index is 1.25. The van der Waals surface area contributed by atoms with Crippen LogP contribution in [0.5, 0.6) is 5.75 Å². The van der Waals surface area contributed by atoms with E-state index in [9.17, 15) is 4.79 Å². The Kier molecular flexibility index (Phi) is 6.85. The molecule has 0 bridgehead atoms. The number of nitrogens with one attached hydrogen (secondary N) is 1. The molecule has 1 unspecified atom stereocenters. The molecule has 4 rings (SSSR count). The molecular weight excluding hydrogens is 404 g/mol. The lowest BCUT2D eigenvalue weighted by Gasteiger charge is -2.30. The summed E-state index contributed by atoms with van der Waals surface area (Å²) in [7, 11) is 1.65. The summed E-state index contributed by atoms with van der Waals surface area (Å²) < 4.78 is 10.7. The fourth-order valence-corrected chi connectivity index (χ4v) is 3.99. The number of carbonyl (C=O) groups excluding carboxylic acids is 1. The largest absolute Gasteiger partial charge is 0.497 e. The van der Waals surface area contributed by atoms with Crippen molar-refractivity contribution in [3.8, 4) is 17.1 Å². The van der Waals surface area contributed by atoms with Gasteiger partial charge < -0.3 is 14.6 Å². The van der Waals surface area contributed by atoms with Gasteiger partial charge in [-0.25, -0.2) is 0 Å². The van der Waals surface area contributed by atoms with Gasteiger partial charge in [0.25, 0.3) is 0 Å². The third-order valence-corrected chi connectivity index (χ3v) is 6.07. The summed E-state index contributed by atoms with van der Waals surface area (Å²) in [5.74, 6) is 2.18. The Morgan fingerprint density at radius 2 is 1.84 bits per heavy atom. The quantitative estimate of drug-likeness (QED) is 0.602. The number of nitrogens with zero attached hydrogens (tertiary/aromatic N) is 3. The van der Waals surface area contributed by atoms with E-state index in [-0.39, 0.29) is 17.9 Å². The number of amides is 1. The maximum Gasteiger partial charge on any atom is 0.241 e. The maximum atomic E-state index is 12.8. The van der Waals surface area contributed by atoms with E-state index >= 15 is 0 Å². The van der Waals surface area contributed by atoms with Gasteiger partial charge in [0.05, 0.1) is 19.7 Å². The molecular formula is C25H30N4O3. The molecule has 1 aliphatic heterocycles. The molecule has 1 saturated heterocycles. The predicted octanol–water partition coefficient (Wildman–Crippen LogP) is 4.14.